The van der Waals surface area contributed by atoms with Crippen LogP contribution in [-0.4, -0.2) is 78.7 Å². The summed E-state index contributed by atoms with van der Waals surface area (Å²) in [5, 5.41) is 13.7. The molecule has 2 saturated heterocycles. The van der Waals surface area contributed by atoms with E-state index in [1.807, 2.05) is 36.6 Å². The smallest absolute Gasteiger partial charge is 0.114 e. The molecular formula is C30H36N8O2. The fraction of sp³-hybridized carbons (Fsp3) is 0.467. The molecule has 10 heteroatoms. The van der Waals surface area contributed by atoms with Gasteiger partial charge in [-0.25, -0.2) is 4.68 Å². The van der Waals surface area contributed by atoms with E-state index >= 15 is 0 Å². The van der Waals surface area contributed by atoms with E-state index in [2.05, 4.69) is 56.2 Å². The van der Waals surface area contributed by atoms with Gasteiger partial charge in [-0.2, -0.15) is 5.10 Å². The molecule has 0 amide bonds. The Morgan fingerprint density at radius 1 is 0.950 bits per heavy atom. The first-order valence-corrected chi connectivity index (χ1v) is 14.2. The van der Waals surface area contributed by atoms with Gasteiger partial charge in [-0.1, -0.05) is 35.5 Å². The van der Waals surface area contributed by atoms with E-state index in [1.165, 1.54) is 11.1 Å². The van der Waals surface area contributed by atoms with Gasteiger partial charge in [0.25, 0.3) is 0 Å². The highest BCUT2D eigenvalue weighted by atomic mass is 16.5. The molecular weight excluding hydrogens is 504 g/mol. The predicted octanol–water partition coefficient (Wildman–Crippen LogP) is 3.88. The fourth-order valence-corrected chi connectivity index (χ4v) is 6.69. The fourth-order valence-electron chi connectivity index (χ4n) is 6.69. The van der Waals surface area contributed by atoms with Crippen molar-refractivity contribution < 1.29 is 9.47 Å². The Bertz CT molecular complexity index is 1620. The van der Waals surface area contributed by atoms with Crippen molar-refractivity contribution in [1.82, 2.24) is 39.2 Å². The van der Waals surface area contributed by atoms with E-state index in [9.17, 15) is 0 Å². The number of hydrogen-bond donors (Lipinski definition) is 0. The summed E-state index contributed by atoms with van der Waals surface area (Å²) in [6.07, 6.45) is 3.98. The minimum absolute atomic E-state index is 0.126. The highest BCUT2D eigenvalue weighted by Gasteiger charge is 2.33. The van der Waals surface area contributed by atoms with Crippen molar-refractivity contribution in [1.29, 1.82) is 0 Å². The Hall–Kier alpha value is -3.60. The lowest BCUT2D eigenvalue weighted by Crippen LogP contribution is -2.36. The molecule has 0 N–H and O–H groups in total. The quantitative estimate of drug-likeness (QED) is 0.323. The van der Waals surface area contributed by atoms with Crippen LogP contribution in [0.2, 0.25) is 0 Å². The van der Waals surface area contributed by atoms with Crippen LogP contribution in [0.4, 0.5) is 0 Å². The van der Waals surface area contributed by atoms with Gasteiger partial charge in [-0.15, -0.1) is 5.10 Å². The van der Waals surface area contributed by atoms with Gasteiger partial charge < -0.3 is 14.0 Å². The molecule has 1 aromatic carbocycles. The normalized spacial score (nSPS) is 18.2. The Morgan fingerprint density at radius 3 is 2.42 bits per heavy atom. The van der Waals surface area contributed by atoms with Crippen molar-refractivity contribution in [3.63, 3.8) is 0 Å². The van der Waals surface area contributed by atoms with E-state index < -0.39 is 0 Å². The van der Waals surface area contributed by atoms with Crippen LogP contribution in [0.1, 0.15) is 35.8 Å². The van der Waals surface area contributed by atoms with E-state index in [1.54, 1.807) is 0 Å². The van der Waals surface area contributed by atoms with Gasteiger partial charge in [0, 0.05) is 58.7 Å². The Balaban J connectivity index is 1.51. The molecule has 0 aliphatic carbocycles. The second-order valence-electron chi connectivity index (χ2n) is 11.1. The van der Waals surface area contributed by atoms with Gasteiger partial charge in [0.05, 0.1) is 41.7 Å². The molecule has 0 radical (unpaired) electrons. The first-order chi connectivity index (χ1) is 19.6. The lowest BCUT2D eigenvalue weighted by Gasteiger charge is -2.33. The molecule has 2 aliphatic rings. The van der Waals surface area contributed by atoms with E-state index in [0.717, 1.165) is 98.1 Å². The van der Waals surface area contributed by atoms with Crippen LogP contribution < -0.4 is 0 Å². The van der Waals surface area contributed by atoms with E-state index in [-0.39, 0.29) is 6.04 Å². The number of aryl methyl sites for hydroxylation is 3. The third-order valence-electron chi connectivity index (χ3n) is 8.56. The standard InChI is InChI=1S/C30H36N8O2/c1-20-27(36(3)34-32-20)23-17-25-26(31-18-23)30-29(24(33-35(30)2)19-37-11-15-40-16-12-37)38(25)28(21-7-5-4-6-8-21)22-9-13-39-14-10-22/h4-8,17-18,22,28H,9-16,19H2,1-3H3. The summed E-state index contributed by atoms with van der Waals surface area (Å²) in [5.74, 6) is 0.426. The summed E-state index contributed by atoms with van der Waals surface area (Å²) >= 11 is 0. The minimum atomic E-state index is 0.126. The van der Waals surface area contributed by atoms with Gasteiger partial charge in [0.2, 0.25) is 0 Å². The number of morpholine rings is 1. The highest BCUT2D eigenvalue weighted by Crippen LogP contribution is 2.42. The van der Waals surface area contributed by atoms with Crippen LogP contribution in [-0.2, 0) is 30.1 Å². The average Bonchev–Trinajstić information content (AvgIpc) is 3.61. The molecule has 10 nitrogen and oxygen atoms in total. The molecule has 0 spiro atoms. The SMILES string of the molecule is Cc1nnn(C)c1-c1cnc2c3c(c(CN4CCOCC4)nn3C)n(C(c3ccccc3)C3CCOCC3)c2c1. The van der Waals surface area contributed by atoms with Crippen molar-refractivity contribution in [3.05, 3.63) is 59.5 Å². The molecule has 7 rings (SSSR count). The van der Waals surface area contributed by atoms with Crippen molar-refractivity contribution >= 4 is 22.1 Å². The monoisotopic (exact) mass is 540 g/mol. The number of benzene rings is 1. The molecule has 5 aromatic rings. The lowest BCUT2D eigenvalue weighted by molar-refractivity contribution is 0.0336. The number of aromatic nitrogens is 7. The second kappa shape index (κ2) is 10.4. The number of hydrogen-bond acceptors (Lipinski definition) is 7. The van der Waals surface area contributed by atoms with Gasteiger partial charge in [-0.3, -0.25) is 14.6 Å². The molecule has 1 atom stereocenters. The topological polar surface area (TPSA) is 88.1 Å². The third kappa shape index (κ3) is 4.31. The molecule has 40 heavy (non-hydrogen) atoms. The average molecular weight is 541 g/mol. The zero-order valence-electron chi connectivity index (χ0n) is 23.5. The summed E-state index contributed by atoms with van der Waals surface area (Å²) in [7, 11) is 3.99. The number of nitrogens with zero attached hydrogens (tertiary/aromatic N) is 8. The van der Waals surface area contributed by atoms with Crippen LogP contribution in [0.3, 0.4) is 0 Å². The van der Waals surface area contributed by atoms with Crippen LogP contribution >= 0.6 is 0 Å². The molecule has 6 heterocycles. The van der Waals surface area contributed by atoms with Gasteiger partial charge in [0.15, 0.2) is 0 Å². The first kappa shape index (κ1) is 25.4. The van der Waals surface area contributed by atoms with Crippen molar-refractivity contribution in [2.45, 2.75) is 32.4 Å². The number of rotatable bonds is 6. The van der Waals surface area contributed by atoms with E-state index in [4.69, 9.17) is 19.6 Å². The molecule has 1 unspecified atom stereocenters. The molecule has 2 fully saturated rings. The zero-order valence-corrected chi connectivity index (χ0v) is 23.5. The first-order valence-electron chi connectivity index (χ1n) is 14.2. The van der Waals surface area contributed by atoms with Crippen molar-refractivity contribution in [2.24, 2.45) is 20.0 Å². The Labute approximate surface area is 233 Å². The predicted molar refractivity (Wildman–Crippen MR) is 153 cm³/mol. The lowest BCUT2D eigenvalue weighted by atomic mass is 9.86. The molecule has 0 saturated carbocycles. The van der Waals surface area contributed by atoms with Crippen molar-refractivity contribution in [3.8, 4) is 11.3 Å². The number of fused-ring (bicyclic) bond motifs is 3. The van der Waals surface area contributed by atoms with Crippen LogP contribution in [0.5, 0.6) is 0 Å². The summed E-state index contributed by atoms with van der Waals surface area (Å²) in [6, 6.07) is 13.3. The van der Waals surface area contributed by atoms with Crippen LogP contribution in [0, 0.1) is 12.8 Å². The largest absolute Gasteiger partial charge is 0.381 e. The number of ether oxygens (including phenoxy) is 2. The van der Waals surface area contributed by atoms with Gasteiger partial charge >= 0.3 is 0 Å². The minimum Gasteiger partial charge on any atom is -0.381 e. The van der Waals surface area contributed by atoms with Crippen molar-refractivity contribution in [2.75, 3.05) is 39.5 Å². The van der Waals surface area contributed by atoms with Gasteiger partial charge in [0.1, 0.15) is 16.7 Å². The molecule has 208 valence electrons. The third-order valence-corrected chi connectivity index (χ3v) is 8.56. The van der Waals surface area contributed by atoms with Crippen LogP contribution in [0.15, 0.2) is 42.6 Å². The summed E-state index contributed by atoms with van der Waals surface area (Å²) in [4.78, 5) is 7.55. The summed E-state index contributed by atoms with van der Waals surface area (Å²) in [5.41, 5.74) is 9.63. The maximum Gasteiger partial charge on any atom is 0.114 e. The molecule has 4 aromatic heterocycles. The summed E-state index contributed by atoms with van der Waals surface area (Å²) < 4.78 is 17.9. The maximum absolute atomic E-state index is 5.83. The van der Waals surface area contributed by atoms with Crippen LogP contribution in [0.25, 0.3) is 33.3 Å². The second-order valence-corrected chi connectivity index (χ2v) is 11.1. The molecule has 2 aliphatic heterocycles. The van der Waals surface area contributed by atoms with Gasteiger partial charge in [-0.05, 0) is 37.3 Å². The Kier molecular flexibility index (Phi) is 6.61. The van der Waals surface area contributed by atoms with E-state index in [0.29, 0.717) is 5.92 Å². The Morgan fingerprint density at radius 2 is 1.70 bits per heavy atom. The maximum atomic E-state index is 5.83. The molecule has 0 bridgehead atoms. The number of pyridine rings is 1. The zero-order chi connectivity index (χ0) is 27.2. The summed E-state index contributed by atoms with van der Waals surface area (Å²) in [6.45, 7) is 7.70. The highest BCUT2D eigenvalue weighted by molar-refractivity contribution is 6.06.